The molecule has 2 aromatic rings. The number of hydrogen-bond donors (Lipinski definition) is 3. The number of rotatable bonds is 5. The lowest BCUT2D eigenvalue weighted by Gasteiger charge is -2.20. The van der Waals surface area contributed by atoms with E-state index in [1.54, 1.807) is 30.8 Å². The van der Waals surface area contributed by atoms with Crippen molar-refractivity contribution < 1.29 is 4.74 Å². The van der Waals surface area contributed by atoms with Crippen LogP contribution in [0.5, 0.6) is 5.75 Å². The summed E-state index contributed by atoms with van der Waals surface area (Å²) in [6, 6.07) is 5.34. The van der Waals surface area contributed by atoms with Crippen LogP contribution in [0.4, 0.5) is 5.69 Å². The van der Waals surface area contributed by atoms with E-state index in [4.69, 9.17) is 39.4 Å². The van der Waals surface area contributed by atoms with Crippen LogP contribution in [0.3, 0.4) is 0 Å². The lowest BCUT2D eigenvalue weighted by molar-refractivity contribution is 0.227. The molecule has 222 valence electrons. The number of hydrogen-bond acceptors (Lipinski definition) is 8. The van der Waals surface area contributed by atoms with Crippen LogP contribution < -0.4 is 21.5 Å². The van der Waals surface area contributed by atoms with E-state index >= 15 is 0 Å². The number of anilines is 1. The Labute approximate surface area is 254 Å². The maximum atomic E-state index is 6.53. The first-order valence-corrected chi connectivity index (χ1v) is 15.0. The van der Waals surface area contributed by atoms with Gasteiger partial charge in [-0.2, -0.15) is 0 Å². The maximum absolute atomic E-state index is 6.53. The molecular formula is C31H43Cl2N7O. The smallest absolute Gasteiger partial charge is 0.124 e. The summed E-state index contributed by atoms with van der Waals surface area (Å²) in [5, 5.41) is 4.23. The number of aliphatic imine (C=N–C) groups is 2. The highest BCUT2D eigenvalue weighted by Gasteiger charge is 2.17. The Morgan fingerprint density at radius 1 is 1.17 bits per heavy atom. The van der Waals surface area contributed by atoms with Crippen LogP contribution in [0, 0.1) is 5.92 Å². The van der Waals surface area contributed by atoms with E-state index in [0.29, 0.717) is 44.9 Å². The normalized spacial score (nSPS) is 19.7. The first-order valence-electron chi connectivity index (χ1n) is 14.2. The molecule has 3 heterocycles. The van der Waals surface area contributed by atoms with Crippen molar-refractivity contribution in [1.82, 2.24) is 15.2 Å². The van der Waals surface area contributed by atoms with Gasteiger partial charge in [0.05, 0.1) is 16.6 Å². The molecule has 1 aromatic carbocycles. The minimum atomic E-state index is -0.408. The van der Waals surface area contributed by atoms with Crippen molar-refractivity contribution in [3.05, 3.63) is 69.5 Å². The van der Waals surface area contributed by atoms with Gasteiger partial charge >= 0.3 is 0 Å². The number of nitrogens with one attached hydrogen (secondary N) is 1. The zero-order chi connectivity index (χ0) is 29.6. The first-order chi connectivity index (χ1) is 19.8. The van der Waals surface area contributed by atoms with E-state index < -0.39 is 6.10 Å². The van der Waals surface area contributed by atoms with Crippen LogP contribution in [0.2, 0.25) is 10.0 Å². The van der Waals surface area contributed by atoms with Crippen molar-refractivity contribution in [2.45, 2.75) is 45.6 Å². The fourth-order valence-electron chi connectivity index (χ4n) is 4.63. The molecule has 0 unspecified atom stereocenters. The summed E-state index contributed by atoms with van der Waals surface area (Å²) in [7, 11) is 2.07. The highest BCUT2D eigenvalue weighted by atomic mass is 35.5. The summed E-state index contributed by atoms with van der Waals surface area (Å²) in [6.45, 7) is 9.17. The van der Waals surface area contributed by atoms with Crippen LogP contribution in [-0.2, 0) is 0 Å². The Kier molecular flexibility index (Phi) is 13.6. The Balaban J connectivity index is 0.000000496. The van der Waals surface area contributed by atoms with Crippen LogP contribution in [0.25, 0.3) is 5.70 Å². The van der Waals surface area contributed by atoms with Gasteiger partial charge in [0.2, 0.25) is 0 Å². The quantitative estimate of drug-likeness (QED) is 0.354. The van der Waals surface area contributed by atoms with E-state index in [9.17, 15) is 0 Å². The minimum absolute atomic E-state index is 0.408. The Morgan fingerprint density at radius 2 is 1.90 bits per heavy atom. The molecule has 8 nitrogen and oxygen atoms in total. The Bertz CT molecular complexity index is 1220. The number of nitrogen functional groups attached to an aromatic ring is 1. The molecule has 0 saturated carbocycles. The molecule has 2 aliphatic rings. The lowest BCUT2D eigenvalue weighted by Crippen LogP contribution is -2.27. The van der Waals surface area contributed by atoms with Crippen LogP contribution in [0.15, 0.2) is 58.3 Å². The molecule has 1 saturated heterocycles. The monoisotopic (exact) mass is 599 g/mol. The second-order valence-electron chi connectivity index (χ2n) is 10.3. The highest BCUT2D eigenvalue weighted by molar-refractivity contribution is 6.35. The van der Waals surface area contributed by atoms with Crippen molar-refractivity contribution in [3.63, 3.8) is 0 Å². The molecule has 2 aliphatic heterocycles. The summed E-state index contributed by atoms with van der Waals surface area (Å²) < 4.78 is 6.11. The Hall–Kier alpha value is -2.91. The number of piperidine rings is 1. The van der Waals surface area contributed by atoms with E-state index in [1.807, 2.05) is 13.0 Å². The summed E-state index contributed by atoms with van der Waals surface area (Å²) in [5.74, 6) is 1.60. The van der Waals surface area contributed by atoms with Gasteiger partial charge in [-0.1, -0.05) is 48.7 Å². The number of pyridine rings is 1. The molecule has 0 aliphatic carbocycles. The number of aromatic nitrogens is 1. The number of halogens is 2. The van der Waals surface area contributed by atoms with Gasteiger partial charge in [-0.25, -0.2) is 4.99 Å². The summed E-state index contributed by atoms with van der Waals surface area (Å²) in [4.78, 5) is 14.8. The fraction of sp³-hybridized carbons (Fsp3) is 0.452. The molecule has 1 atom stereocenters. The lowest BCUT2D eigenvalue weighted by atomic mass is 9.96. The third-order valence-corrected chi connectivity index (χ3v) is 7.82. The maximum Gasteiger partial charge on any atom is 0.124 e. The zero-order valence-electron chi connectivity index (χ0n) is 24.3. The highest BCUT2D eigenvalue weighted by Crippen LogP contribution is 2.34. The molecule has 0 radical (unpaired) electrons. The van der Waals surface area contributed by atoms with E-state index in [-0.39, 0.29) is 0 Å². The molecule has 0 spiro atoms. The van der Waals surface area contributed by atoms with Crippen LogP contribution in [0.1, 0.15) is 56.8 Å². The van der Waals surface area contributed by atoms with Crippen molar-refractivity contribution in [2.24, 2.45) is 21.6 Å². The van der Waals surface area contributed by atoms with Gasteiger partial charge in [-0.05, 0) is 70.4 Å². The second kappa shape index (κ2) is 17.1. The number of ether oxygens (including phenoxy) is 1. The summed E-state index contributed by atoms with van der Waals surface area (Å²) in [5.41, 5.74) is 15.9. The number of likely N-dealkylation sites (N-methyl/N-ethyl adjacent to an activating group) is 1. The minimum Gasteiger partial charge on any atom is -0.486 e. The van der Waals surface area contributed by atoms with Crippen molar-refractivity contribution in [3.8, 4) is 5.75 Å². The van der Waals surface area contributed by atoms with Gasteiger partial charge < -0.3 is 26.4 Å². The molecule has 10 heteroatoms. The third-order valence-electron chi connectivity index (χ3n) is 7.22. The van der Waals surface area contributed by atoms with Crippen LogP contribution >= 0.6 is 23.2 Å². The first kappa shape index (κ1) is 32.6. The van der Waals surface area contributed by atoms with Crippen molar-refractivity contribution in [1.29, 1.82) is 0 Å². The topological polar surface area (TPSA) is 114 Å². The molecular weight excluding hydrogens is 557 g/mol. The number of allylic oxidation sites excluding steroid dienone is 2. The molecule has 41 heavy (non-hydrogen) atoms. The van der Waals surface area contributed by atoms with E-state index in [0.717, 1.165) is 31.0 Å². The van der Waals surface area contributed by atoms with Gasteiger partial charge in [-0.15, -0.1) is 0 Å². The predicted octanol–water partition coefficient (Wildman–Crippen LogP) is 6.17. The molecule has 1 fully saturated rings. The average Bonchev–Trinajstić information content (AvgIpc) is 2.96. The van der Waals surface area contributed by atoms with Crippen molar-refractivity contribution >= 4 is 47.1 Å². The fourth-order valence-corrected chi connectivity index (χ4v) is 5.30. The SMILES string of the molecule is CCC1CCNCC1.C[C@@H](Oc1ccc(N)c(/C(N)=C2C=NC=NCCN(C)CC/C=C\2)c1)c1c(Cl)cncc1Cl. The van der Waals surface area contributed by atoms with Gasteiger partial charge in [0.25, 0.3) is 0 Å². The second-order valence-corrected chi connectivity index (χ2v) is 11.1. The van der Waals surface area contributed by atoms with Gasteiger partial charge in [0.15, 0.2) is 0 Å². The number of benzene rings is 1. The van der Waals surface area contributed by atoms with Gasteiger partial charge in [0.1, 0.15) is 18.2 Å². The standard InChI is InChI=1S/C24H28Cl2N6O.C7H15N/c1-16(23-20(25)13-30-14-21(23)26)33-18-6-7-22(27)19(11-18)24(28)17-5-3-4-9-32(2)10-8-29-15-31-12-17;1-2-7-3-5-8-6-4-7/h3,5-7,11-16H,4,8-10,27-28H2,1-2H3;7-8H,2-6H2,1H3/b5-3-,24-17+,29-15?,31-12?;/t16-;/m1./s1. The van der Waals surface area contributed by atoms with E-state index in [2.05, 4.69) is 45.2 Å². The third kappa shape index (κ3) is 10.5. The van der Waals surface area contributed by atoms with Crippen LogP contribution in [-0.4, -0.2) is 62.2 Å². The molecule has 5 N–H and O–H groups in total. The van der Waals surface area contributed by atoms with Gasteiger partial charge in [-0.3, -0.25) is 9.98 Å². The van der Waals surface area contributed by atoms with E-state index in [1.165, 1.54) is 44.7 Å². The molecule has 1 aromatic heterocycles. The average molecular weight is 601 g/mol. The number of nitrogens with zero attached hydrogens (tertiary/aromatic N) is 4. The predicted molar refractivity (Wildman–Crippen MR) is 174 cm³/mol. The number of nitrogens with two attached hydrogens (primary N) is 2. The summed E-state index contributed by atoms with van der Waals surface area (Å²) >= 11 is 12.5. The van der Waals surface area contributed by atoms with Crippen molar-refractivity contribution in [2.75, 3.05) is 45.5 Å². The summed E-state index contributed by atoms with van der Waals surface area (Å²) in [6.07, 6.45) is 15.0. The molecule has 0 bridgehead atoms. The largest absolute Gasteiger partial charge is 0.486 e. The zero-order valence-corrected chi connectivity index (χ0v) is 25.8. The molecule has 4 rings (SSSR count). The van der Waals surface area contributed by atoms with Gasteiger partial charge in [0, 0.05) is 59.8 Å². The molecule has 0 amide bonds. The Morgan fingerprint density at radius 3 is 2.59 bits per heavy atom.